The number of likely N-dealkylation sites (tertiary alicyclic amines) is 1. The first-order valence-corrected chi connectivity index (χ1v) is 10.1. The predicted molar refractivity (Wildman–Crippen MR) is 127 cm³/mol. The van der Waals surface area contributed by atoms with Gasteiger partial charge in [-0.15, -0.1) is 24.0 Å². The van der Waals surface area contributed by atoms with Crippen LogP contribution >= 0.6 is 24.0 Å². The molecular weight excluding hydrogens is 465 g/mol. The van der Waals surface area contributed by atoms with E-state index < -0.39 is 0 Å². The summed E-state index contributed by atoms with van der Waals surface area (Å²) in [5.41, 5.74) is 1.15. The van der Waals surface area contributed by atoms with Gasteiger partial charge in [0.1, 0.15) is 0 Å². The van der Waals surface area contributed by atoms with Crippen molar-refractivity contribution in [1.82, 2.24) is 20.4 Å². The van der Waals surface area contributed by atoms with E-state index in [4.69, 9.17) is 0 Å². The van der Waals surface area contributed by atoms with E-state index in [-0.39, 0.29) is 36.4 Å². The molecule has 1 aromatic carbocycles. The van der Waals surface area contributed by atoms with Crippen molar-refractivity contribution >= 4 is 35.8 Å². The van der Waals surface area contributed by atoms with Gasteiger partial charge >= 0.3 is 0 Å². The van der Waals surface area contributed by atoms with Crippen molar-refractivity contribution < 1.29 is 4.79 Å². The zero-order valence-electron chi connectivity index (χ0n) is 17.5. The van der Waals surface area contributed by atoms with Crippen LogP contribution in [0.15, 0.2) is 35.3 Å². The maximum absolute atomic E-state index is 11.9. The minimum Gasteiger partial charge on any atom is -0.355 e. The Hall–Kier alpha value is -1.35. The summed E-state index contributed by atoms with van der Waals surface area (Å²) in [4.78, 5) is 20.7. The third-order valence-corrected chi connectivity index (χ3v) is 5.08. The quantitative estimate of drug-likeness (QED) is 0.327. The summed E-state index contributed by atoms with van der Waals surface area (Å²) >= 11 is 0. The SMILES string of the molecule is CCC1CCCCN1CCNC(=NCc1ccccc1)NCC(=O)N(C)C.I. The topological polar surface area (TPSA) is 60.0 Å². The second kappa shape index (κ2) is 13.8. The van der Waals surface area contributed by atoms with Gasteiger partial charge in [-0.1, -0.05) is 43.7 Å². The van der Waals surface area contributed by atoms with Crippen LogP contribution in [0.4, 0.5) is 0 Å². The van der Waals surface area contributed by atoms with Crippen molar-refractivity contribution in [2.75, 3.05) is 40.3 Å². The van der Waals surface area contributed by atoms with Crippen LogP contribution in [0.5, 0.6) is 0 Å². The van der Waals surface area contributed by atoms with Crippen LogP contribution in [0.3, 0.4) is 0 Å². The van der Waals surface area contributed by atoms with E-state index in [9.17, 15) is 4.79 Å². The molecule has 1 unspecified atom stereocenters. The number of guanidine groups is 1. The molecule has 1 atom stereocenters. The van der Waals surface area contributed by atoms with Gasteiger partial charge < -0.3 is 15.5 Å². The zero-order valence-corrected chi connectivity index (χ0v) is 19.8. The van der Waals surface area contributed by atoms with Crippen LogP contribution in [-0.4, -0.2) is 68.0 Å². The Kier molecular flexibility index (Phi) is 12.1. The van der Waals surface area contributed by atoms with Gasteiger partial charge in [0, 0.05) is 33.2 Å². The molecule has 1 heterocycles. The number of nitrogens with zero attached hydrogens (tertiary/aromatic N) is 3. The highest BCUT2D eigenvalue weighted by Crippen LogP contribution is 2.18. The number of carbonyl (C=O) groups excluding carboxylic acids is 1. The molecule has 0 radical (unpaired) electrons. The Morgan fingerprint density at radius 3 is 2.64 bits per heavy atom. The molecule has 0 saturated carbocycles. The molecule has 28 heavy (non-hydrogen) atoms. The lowest BCUT2D eigenvalue weighted by Gasteiger charge is -2.35. The Morgan fingerprint density at radius 2 is 1.96 bits per heavy atom. The summed E-state index contributed by atoms with van der Waals surface area (Å²) in [6.45, 7) is 6.13. The number of hydrogen-bond donors (Lipinski definition) is 2. The van der Waals surface area contributed by atoms with E-state index in [1.807, 2.05) is 18.2 Å². The summed E-state index contributed by atoms with van der Waals surface area (Å²) in [5.74, 6) is 0.727. The first kappa shape index (κ1) is 24.7. The van der Waals surface area contributed by atoms with Gasteiger partial charge in [0.15, 0.2) is 5.96 Å². The van der Waals surface area contributed by atoms with Crippen molar-refractivity contribution in [2.45, 2.75) is 45.2 Å². The van der Waals surface area contributed by atoms with E-state index >= 15 is 0 Å². The molecule has 7 heteroatoms. The molecule has 0 bridgehead atoms. The number of nitrogens with one attached hydrogen (secondary N) is 2. The third kappa shape index (κ3) is 8.77. The minimum atomic E-state index is 0. The number of aliphatic imine (C=N–C) groups is 1. The fraction of sp³-hybridized carbons (Fsp3) is 0.619. The second-order valence-electron chi connectivity index (χ2n) is 7.31. The number of hydrogen-bond acceptors (Lipinski definition) is 3. The van der Waals surface area contributed by atoms with Crippen LogP contribution in [0.2, 0.25) is 0 Å². The molecular formula is C21H36IN5O. The maximum atomic E-state index is 11.9. The lowest BCUT2D eigenvalue weighted by molar-refractivity contribution is -0.127. The standard InChI is InChI=1S/C21H35N5O.HI/c1-4-19-12-8-9-14-26(19)15-13-22-21(24-17-20(27)25(2)3)23-16-18-10-6-5-7-11-18;/h5-7,10-11,19H,4,8-9,12-17H2,1-3H3,(H2,22,23,24);1H. The lowest BCUT2D eigenvalue weighted by atomic mass is 10.0. The van der Waals surface area contributed by atoms with E-state index in [1.165, 1.54) is 32.2 Å². The predicted octanol–water partition coefficient (Wildman–Crippen LogP) is 2.69. The van der Waals surface area contributed by atoms with Crippen LogP contribution < -0.4 is 10.6 Å². The van der Waals surface area contributed by atoms with Crippen molar-refractivity contribution in [3.8, 4) is 0 Å². The number of amides is 1. The first-order valence-electron chi connectivity index (χ1n) is 10.1. The highest BCUT2D eigenvalue weighted by molar-refractivity contribution is 14.0. The largest absolute Gasteiger partial charge is 0.355 e. The number of rotatable bonds is 8. The molecule has 2 N–H and O–H groups in total. The summed E-state index contributed by atoms with van der Waals surface area (Å²) in [6, 6.07) is 10.9. The van der Waals surface area contributed by atoms with Crippen molar-refractivity contribution in [3.63, 3.8) is 0 Å². The smallest absolute Gasteiger partial charge is 0.241 e. The number of piperidine rings is 1. The van der Waals surface area contributed by atoms with Gasteiger partial charge in [0.2, 0.25) is 5.91 Å². The van der Waals surface area contributed by atoms with Gasteiger partial charge in [-0.3, -0.25) is 9.69 Å². The highest BCUT2D eigenvalue weighted by Gasteiger charge is 2.20. The monoisotopic (exact) mass is 501 g/mol. The molecule has 1 amide bonds. The first-order chi connectivity index (χ1) is 13.1. The molecule has 1 saturated heterocycles. The zero-order chi connectivity index (χ0) is 19.5. The number of benzene rings is 1. The van der Waals surface area contributed by atoms with Crippen molar-refractivity contribution in [2.24, 2.45) is 4.99 Å². The molecule has 0 aromatic heterocycles. The number of halogens is 1. The Bertz CT molecular complexity index is 594. The maximum Gasteiger partial charge on any atom is 0.241 e. The molecule has 0 spiro atoms. The molecule has 6 nitrogen and oxygen atoms in total. The van der Waals surface area contributed by atoms with E-state index in [0.717, 1.165) is 18.7 Å². The van der Waals surface area contributed by atoms with Crippen molar-refractivity contribution in [3.05, 3.63) is 35.9 Å². The normalized spacial score (nSPS) is 17.5. The van der Waals surface area contributed by atoms with E-state index in [2.05, 4.69) is 39.6 Å². The Morgan fingerprint density at radius 1 is 1.21 bits per heavy atom. The Labute approximate surface area is 187 Å². The average Bonchev–Trinajstić information content (AvgIpc) is 2.70. The van der Waals surface area contributed by atoms with Gasteiger partial charge in [0.05, 0.1) is 13.1 Å². The van der Waals surface area contributed by atoms with Crippen LogP contribution in [-0.2, 0) is 11.3 Å². The molecule has 1 aliphatic rings. The number of carbonyl (C=O) groups is 1. The van der Waals surface area contributed by atoms with Gasteiger partial charge in [-0.25, -0.2) is 4.99 Å². The number of likely N-dealkylation sites (N-methyl/N-ethyl adjacent to an activating group) is 1. The summed E-state index contributed by atoms with van der Waals surface area (Å²) in [5, 5.41) is 6.57. The Balaban J connectivity index is 0.00000392. The van der Waals surface area contributed by atoms with E-state index in [1.54, 1.807) is 19.0 Å². The summed E-state index contributed by atoms with van der Waals surface area (Å²) in [7, 11) is 3.53. The van der Waals surface area contributed by atoms with Crippen LogP contribution in [0.25, 0.3) is 0 Å². The molecule has 2 rings (SSSR count). The molecule has 0 aliphatic carbocycles. The minimum absolute atomic E-state index is 0. The molecule has 1 aliphatic heterocycles. The van der Waals surface area contributed by atoms with E-state index in [0.29, 0.717) is 18.5 Å². The fourth-order valence-electron chi connectivity index (χ4n) is 3.38. The average molecular weight is 501 g/mol. The molecule has 1 fully saturated rings. The van der Waals surface area contributed by atoms with Gasteiger partial charge in [-0.05, 0) is 31.4 Å². The molecule has 1 aromatic rings. The summed E-state index contributed by atoms with van der Waals surface area (Å²) in [6.07, 6.45) is 5.16. The van der Waals surface area contributed by atoms with Gasteiger partial charge in [-0.2, -0.15) is 0 Å². The van der Waals surface area contributed by atoms with Crippen molar-refractivity contribution in [1.29, 1.82) is 0 Å². The summed E-state index contributed by atoms with van der Waals surface area (Å²) < 4.78 is 0. The lowest BCUT2D eigenvalue weighted by Crippen LogP contribution is -2.47. The molecule has 158 valence electrons. The fourth-order valence-corrected chi connectivity index (χ4v) is 3.38. The van der Waals surface area contributed by atoms with Gasteiger partial charge in [0.25, 0.3) is 0 Å². The third-order valence-electron chi connectivity index (χ3n) is 5.08. The van der Waals surface area contributed by atoms with Crippen LogP contribution in [0.1, 0.15) is 38.2 Å². The van der Waals surface area contributed by atoms with Crippen LogP contribution in [0, 0.1) is 0 Å². The highest BCUT2D eigenvalue weighted by atomic mass is 127. The second-order valence-corrected chi connectivity index (χ2v) is 7.31.